The monoisotopic (exact) mass is 344 g/mol. The Hall–Kier alpha value is -2.86. The van der Waals surface area contributed by atoms with Crippen LogP contribution in [0.5, 0.6) is 5.75 Å². The predicted octanol–water partition coefficient (Wildman–Crippen LogP) is 2.72. The summed E-state index contributed by atoms with van der Waals surface area (Å²) >= 11 is 5.80. The van der Waals surface area contributed by atoms with Crippen LogP contribution in [0.3, 0.4) is 0 Å². The Morgan fingerprint density at radius 3 is 2.88 bits per heavy atom. The first-order valence-corrected chi connectivity index (χ1v) is 7.46. The Kier molecular flexibility index (Phi) is 4.22. The molecule has 0 saturated heterocycles. The van der Waals surface area contributed by atoms with E-state index < -0.39 is 5.97 Å². The normalized spacial score (nSPS) is 10.8. The van der Waals surface area contributed by atoms with E-state index in [1.54, 1.807) is 12.3 Å². The molecule has 0 fully saturated rings. The first-order valence-electron chi connectivity index (χ1n) is 7.08. The second kappa shape index (κ2) is 6.33. The zero-order chi connectivity index (χ0) is 17.3. The molecule has 0 aliphatic rings. The number of carbonyl (C=O) groups excluding carboxylic acids is 1. The molecule has 1 aromatic carbocycles. The van der Waals surface area contributed by atoms with Crippen LogP contribution in [0.15, 0.2) is 47.4 Å². The van der Waals surface area contributed by atoms with Crippen molar-refractivity contribution < 1.29 is 14.6 Å². The number of nitrogens with zero attached hydrogens (tertiary/aromatic N) is 2. The van der Waals surface area contributed by atoms with Gasteiger partial charge in [0, 0.05) is 17.3 Å². The van der Waals surface area contributed by atoms with Crippen molar-refractivity contribution in [1.82, 2.24) is 9.38 Å². The van der Waals surface area contributed by atoms with Gasteiger partial charge in [-0.1, -0.05) is 17.7 Å². The molecule has 0 bridgehead atoms. The number of hydrogen-bond donors (Lipinski definition) is 1. The molecule has 3 rings (SSSR count). The molecular formula is C17H13ClN2O4. The van der Waals surface area contributed by atoms with E-state index in [2.05, 4.69) is 4.98 Å². The van der Waals surface area contributed by atoms with E-state index in [1.165, 1.54) is 28.7 Å². The molecule has 3 aromatic rings. The Morgan fingerprint density at radius 2 is 2.08 bits per heavy atom. The number of aryl methyl sites for hydroxylation is 1. The van der Waals surface area contributed by atoms with Gasteiger partial charge in [-0.15, -0.1) is 0 Å². The molecule has 0 saturated carbocycles. The Morgan fingerprint density at radius 1 is 1.29 bits per heavy atom. The third kappa shape index (κ3) is 3.23. The number of pyridine rings is 1. The third-order valence-electron chi connectivity index (χ3n) is 3.39. The Balaban J connectivity index is 1.83. The van der Waals surface area contributed by atoms with Gasteiger partial charge in [0.25, 0.3) is 5.56 Å². The van der Waals surface area contributed by atoms with E-state index in [9.17, 15) is 14.7 Å². The summed E-state index contributed by atoms with van der Waals surface area (Å²) in [5.74, 6) is -0.979. The Labute approximate surface area is 141 Å². The summed E-state index contributed by atoms with van der Waals surface area (Å²) in [4.78, 5) is 28.4. The van der Waals surface area contributed by atoms with Gasteiger partial charge in [-0.05, 0) is 36.8 Å². The summed E-state index contributed by atoms with van der Waals surface area (Å²) in [6.07, 6.45) is 1.68. The number of rotatable bonds is 3. The summed E-state index contributed by atoms with van der Waals surface area (Å²) in [5, 5.41) is 9.99. The zero-order valence-corrected chi connectivity index (χ0v) is 13.4. The highest BCUT2D eigenvalue weighted by Crippen LogP contribution is 2.22. The number of esters is 1. The number of halogens is 1. The first-order chi connectivity index (χ1) is 11.4. The molecule has 0 radical (unpaired) electrons. The number of benzene rings is 1. The molecule has 122 valence electrons. The van der Waals surface area contributed by atoms with Crippen LogP contribution in [0.1, 0.15) is 21.6 Å². The fourth-order valence-corrected chi connectivity index (χ4v) is 2.39. The van der Waals surface area contributed by atoms with Crippen molar-refractivity contribution in [3.05, 3.63) is 74.8 Å². The lowest BCUT2D eigenvalue weighted by molar-refractivity contribution is 0.0464. The van der Waals surface area contributed by atoms with Crippen LogP contribution in [0, 0.1) is 6.92 Å². The minimum atomic E-state index is -0.749. The second-order valence-corrected chi connectivity index (χ2v) is 5.69. The highest BCUT2D eigenvalue weighted by atomic mass is 35.5. The second-order valence-electron chi connectivity index (χ2n) is 5.26. The van der Waals surface area contributed by atoms with Crippen molar-refractivity contribution in [2.45, 2.75) is 13.5 Å². The molecule has 0 unspecified atom stereocenters. The van der Waals surface area contributed by atoms with Crippen molar-refractivity contribution in [2.24, 2.45) is 0 Å². The molecular weight excluding hydrogens is 332 g/mol. The molecule has 0 spiro atoms. The predicted molar refractivity (Wildman–Crippen MR) is 88.4 cm³/mol. The topological polar surface area (TPSA) is 80.9 Å². The maximum absolute atomic E-state index is 12.1. The van der Waals surface area contributed by atoms with Crippen molar-refractivity contribution in [2.75, 3.05) is 0 Å². The number of aromatic hydroxyl groups is 1. The van der Waals surface area contributed by atoms with Gasteiger partial charge in [-0.25, -0.2) is 9.78 Å². The van der Waals surface area contributed by atoms with Crippen LogP contribution in [0.2, 0.25) is 5.02 Å². The number of hydrogen-bond acceptors (Lipinski definition) is 5. The van der Waals surface area contributed by atoms with Crippen LogP contribution < -0.4 is 5.56 Å². The number of phenols is 1. The van der Waals surface area contributed by atoms with Gasteiger partial charge in [-0.2, -0.15) is 0 Å². The van der Waals surface area contributed by atoms with Gasteiger partial charge in [0.05, 0.1) is 5.69 Å². The SMILES string of the molecule is Cc1ccc2nc(COC(=O)c3cc(Cl)ccc3O)cc(=O)n2c1. The maximum atomic E-state index is 12.1. The van der Waals surface area contributed by atoms with E-state index in [0.717, 1.165) is 5.56 Å². The molecule has 0 amide bonds. The summed E-state index contributed by atoms with van der Waals surface area (Å²) in [7, 11) is 0. The van der Waals surface area contributed by atoms with Crippen molar-refractivity contribution >= 4 is 23.2 Å². The minimum Gasteiger partial charge on any atom is -0.507 e. The highest BCUT2D eigenvalue weighted by molar-refractivity contribution is 6.31. The van der Waals surface area contributed by atoms with Gasteiger partial charge in [0.1, 0.15) is 23.6 Å². The fourth-order valence-electron chi connectivity index (χ4n) is 2.22. The molecule has 1 N–H and O–H groups in total. The fraction of sp³-hybridized carbons (Fsp3) is 0.118. The van der Waals surface area contributed by atoms with Crippen molar-refractivity contribution in [3.63, 3.8) is 0 Å². The lowest BCUT2D eigenvalue weighted by Crippen LogP contribution is -2.17. The molecule has 2 aromatic heterocycles. The average molecular weight is 345 g/mol. The number of carbonyl (C=O) groups is 1. The van der Waals surface area contributed by atoms with Gasteiger partial charge in [0.15, 0.2) is 0 Å². The van der Waals surface area contributed by atoms with Crippen LogP contribution in [-0.4, -0.2) is 20.5 Å². The zero-order valence-electron chi connectivity index (χ0n) is 12.7. The standard InChI is InChI=1S/C17H13ClN2O4/c1-10-2-5-15-19-12(7-16(22)20(15)8-10)9-24-17(23)13-6-11(18)3-4-14(13)21/h2-8,21H,9H2,1H3. The lowest BCUT2D eigenvalue weighted by atomic mass is 10.2. The summed E-state index contributed by atoms with van der Waals surface area (Å²) in [5.41, 5.74) is 1.40. The molecule has 24 heavy (non-hydrogen) atoms. The van der Waals surface area contributed by atoms with E-state index in [0.29, 0.717) is 16.4 Å². The van der Waals surface area contributed by atoms with Crippen LogP contribution in [-0.2, 0) is 11.3 Å². The largest absolute Gasteiger partial charge is 0.507 e. The van der Waals surface area contributed by atoms with Crippen molar-refractivity contribution in [3.8, 4) is 5.75 Å². The smallest absolute Gasteiger partial charge is 0.342 e. The van der Waals surface area contributed by atoms with E-state index >= 15 is 0 Å². The molecule has 2 heterocycles. The molecule has 0 aliphatic carbocycles. The average Bonchev–Trinajstić information content (AvgIpc) is 2.55. The van der Waals surface area contributed by atoms with Gasteiger partial charge < -0.3 is 9.84 Å². The highest BCUT2D eigenvalue weighted by Gasteiger charge is 2.14. The molecule has 0 atom stereocenters. The van der Waals surface area contributed by atoms with E-state index in [1.807, 2.05) is 13.0 Å². The van der Waals surface area contributed by atoms with Crippen LogP contribution in [0.4, 0.5) is 0 Å². The summed E-state index contributed by atoms with van der Waals surface area (Å²) < 4.78 is 6.53. The number of fused-ring (bicyclic) bond motifs is 1. The van der Waals surface area contributed by atoms with Crippen LogP contribution in [0.25, 0.3) is 5.65 Å². The number of aromatic nitrogens is 2. The third-order valence-corrected chi connectivity index (χ3v) is 3.63. The minimum absolute atomic E-state index is 0.0457. The number of phenolic OH excluding ortho intramolecular Hbond substituents is 1. The van der Waals surface area contributed by atoms with E-state index in [-0.39, 0.29) is 23.5 Å². The van der Waals surface area contributed by atoms with Crippen molar-refractivity contribution in [1.29, 1.82) is 0 Å². The van der Waals surface area contributed by atoms with Crippen LogP contribution >= 0.6 is 11.6 Å². The molecule has 7 heteroatoms. The maximum Gasteiger partial charge on any atom is 0.342 e. The molecule has 6 nitrogen and oxygen atoms in total. The van der Waals surface area contributed by atoms with E-state index in [4.69, 9.17) is 16.3 Å². The quantitative estimate of drug-likeness (QED) is 0.739. The number of ether oxygens (including phenoxy) is 1. The van der Waals surface area contributed by atoms with Gasteiger partial charge in [-0.3, -0.25) is 9.20 Å². The molecule has 0 aliphatic heterocycles. The Bertz CT molecular complexity index is 998. The summed E-state index contributed by atoms with van der Waals surface area (Å²) in [6.45, 7) is 1.68. The lowest BCUT2D eigenvalue weighted by Gasteiger charge is -2.08. The summed E-state index contributed by atoms with van der Waals surface area (Å²) in [6, 6.07) is 8.93. The van der Waals surface area contributed by atoms with Gasteiger partial charge >= 0.3 is 5.97 Å². The first kappa shape index (κ1) is 16.0. The van der Waals surface area contributed by atoms with Gasteiger partial charge in [0.2, 0.25) is 0 Å².